The van der Waals surface area contributed by atoms with Gasteiger partial charge in [-0.15, -0.1) is 0 Å². The van der Waals surface area contributed by atoms with Crippen LogP contribution in [0.3, 0.4) is 0 Å². The van der Waals surface area contributed by atoms with Gasteiger partial charge in [-0.25, -0.2) is 0 Å². The molecule has 0 aromatic heterocycles. The molecule has 1 heterocycles. The second kappa shape index (κ2) is 7.64. The van der Waals surface area contributed by atoms with Crippen molar-refractivity contribution in [3.05, 3.63) is 99.5 Å². The van der Waals surface area contributed by atoms with E-state index in [9.17, 15) is 14.7 Å². The lowest BCUT2D eigenvalue weighted by molar-refractivity contribution is -0.136. The third-order valence-corrected chi connectivity index (χ3v) is 5.84. The summed E-state index contributed by atoms with van der Waals surface area (Å²) in [6, 6.07) is 20.6. The SMILES string of the molecule is O=C(C[C@]1(O)C(=O)N(Cc2c(Cl)cccc2Cl)c2ccccc21)c1ccccc1. The van der Waals surface area contributed by atoms with Crippen LogP contribution in [0.5, 0.6) is 0 Å². The van der Waals surface area contributed by atoms with Crippen LogP contribution in [0.15, 0.2) is 72.8 Å². The molecule has 0 fully saturated rings. The van der Waals surface area contributed by atoms with Crippen LogP contribution >= 0.6 is 23.2 Å². The highest BCUT2D eigenvalue weighted by molar-refractivity contribution is 6.36. The molecule has 1 N–H and O–H groups in total. The smallest absolute Gasteiger partial charge is 0.264 e. The van der Waals surface area contributed by atoms with E-state index in [0.29, 0.717) is 32.4 Å². The van der Waals surface area contributed by atoms with E-state index in [2.05, 4.69) is 0 Å². The first-order valence-electron chi connectivity index (χ1n) is 9.07. The number of hydrogen-bond donors (Lipinski definition) is 1. The predicted octanol–water partition coefficient (Wildman–Crippen LogP) is 5.00. The van der Waals surface area contributed by atoms with Crippen LogP contribution in [0.1, 0.15) is 27.9 Å². The Labute approximate surface area is 178 Å². The number of rotatable bonds is 5. The molecule has 1 atom stereocenters. The van der Waals surface area contributed by atoms with Gasteiger partial charge in [0.15, 0.2) is 11.4 Å². The van der Waals surface area contributed by atoms with Gasteiger partial charge in [-0.2, -0.15) is 0 Å². The van der Waals surface area contributed by atoms with Gasteiger partial charge < -0.3 is 10.0 Å². The van der Waals surface area contributed by atoms with Gasteiger partial charge in [0.05, 0.1) is 18.7 Å². The highest BCUT2D eigenvalue weighted by atomic mass is 35.5. The second-order valence-electron chi connectivity index (χ2n) is 6.93. The zero-order chi connectivity index (χ0) is 20.6. The molecular formula is C23H17Cl2NO3. The Balaban J connectivity index is 1.72. The number of carbonyl (C=O) groups excluding carboxylic acids is 2. The fraction of sp³-hybridized carbons (Fsp3) is 0.130. The number of benzene rings is 3. The number of amides is 1. The van der Waals surface area contributed by atoms with Crippen LogP contribution in [0.25, 0.3) is 0 Å². The fourth-order valence-electron chi connectivity index (χ4n) is 3.63. The van der Waals surface area contributed by atoms with Crippen molar-refractivity contribution in [3.8, 4) is 0 Å². The topological polar surface area (TPSA) is 57.6 Å². The number of nitrogens with zero attached hydrogens (tertiary/aromatic N) is 1. The molecule has 1 aliphatic heterocycles. The van der Waals surface area contributed by atoms with Gasteiger partial charge in [-0.1, -0.05) is 77.8 Å². The summed E-state index contributed by atoms with van der Waals surface area (Å²) in [5, 5.41) is 12.2. The number of aliphatic hydroxyl groups is 1. The van der Waals surface area contributed by atoms with E-state index >= 15 is 0 Å². The number of ketones is 1. The van der Waals surface area contributed by atoms with Crippen molar-refractivity contribution < 1.29 is 14.7 Å². The fourth-order valence-corrected chi connectivity index (χ4v) is 4.15. The Kier molecular flexibility index (Phi) is 5.17. The molecule has 0 spiro atoms. The Morgan fingerprint density at radius 3 is 2.21 bits per heavy atom. The van der Waals surface area contributed by atoms with Crippen LogP contribution in [0, 0.1) is 0 Å². The molecule has 0 radical (unpaired) electrons. The van der Waals surface area contributed by atoms with Gasteiger partial charge in [0.2, 0.25) is 0 Å². The molecule has 4 rings (SSSR count). The van der Waals surface area contributed by atoms with Crippen molar-refractivity contribution in [2.24, 2.45) is 0 Å². The second-order valence-corrected chi connectivity index (χ2v) is 7.75. The van der Waals surface area contributed by atoms with E-state index < -0.39 is 11.5 Å². The zero-order valence-electron chi connectivity index (χ0n) is 15.3. The molecule has 0 saturated carbocycles. The van der Waals surface area contributed by atoms with E-state index in [0.717, 1.165) is 0 Å². The van der Waals surface area contributed by atoms with E-state index in [1.807, 2.05) is 0 Å². The van der Waals surface area contributed by atoms with Crippen molar-refractivity contribution >= 4 is 40.6 Å². The van der Waals surface area contributed by atoms with Crippen molar-refractivity contribution in [3.63, 3.8) is 0 Å². The molecule has 0 saturated heterocycles. The molecule has 1 aliphatic rings. The van der Waals surface area contributed by atoms with E-state index in [4.69, 9.17) is 23.2 Å². The molecule has 4 nitrogen and oxygen atoms in total. The highest BCUT2D eigenvalue weighted by Crippen LogP contribution is 2.44. The predicted molar refractivity (Wildman–Crippen MR) is 113 cm³/mol. The number of carbonyl (C=O) groups is 2. The van der Waals surface area contributed by atoms with Gasteiger partial charge in [-0.05, 0) is 18.2 Å². The summed E-state index contributed by atoms with van der Waals surface area (Å²) in [5.74, 6) is -0.882. The minimum atomic E-state index is -1.95. The summed E-state index contributed by atoms with van der Waals surface area (Å²) in [4.78, 5) is 27.5. The minimum absolute atomic E-state index is 0.0934. The summed E-state index contributed by atoms with van der Waals surface area (Å²) in [7, 11) is 0. The van der Waals surface area contributed by atoms with Crippen LogP contribution in [0.4, 0.5) is 5.69 Å². The summed E-state index contributed by atoms with van der Waals surface area (Å²) < 4.78 is 0. The molecule has 3 aromatic carbocycles. The number of Topliss-reactive ketones (excluding diaryl/α,β-unsaturated/α-hetero) is 1. The molecule has 0 aliphatic carbocycles. The van der Waals surface area contributed by atoms with Gasteiger partial charge in [-0.3, -0.25) is 9.59 Å². The largest absolute Gasteiger partial charge is 0.375 e. The normalized spacial score (nSPS) is 18.0. The summed E-state index contributed by atoms with van der Waals surface area (Å²) >= 11 is 12.6. The number of fused-ring (bicyclic) bond motifs is 1. The minimum Gasteiger partial charge on any atom is -0.375 e. The molecular weight excluding hydrogens is 409 g/mol. The standard InChI is InChI=1S/C23H17Cl2NO3/c24-18-10-6-11-19(25)16(18)14-26-20-12-5-4-9-17(20)23(29,22(26)28)13-21(27)15-7-2-1-3-8-15/h1-12,29H,13-14H2/t23-/m1/s1. The molecule has 6 heteroatoms. The highest BCUT2D eigenvalue weighted by Gasteiger charge is 2.50. The average molecular weight is 426 g/mol. The lowest BCUT2D eigenvalue weighted by atomic mass is 9.88. The first-order valence-corrected chi connectivity index (χ1v) is 9.82. The molecule has 0 bridgehead atoms. The quantitative estimate of drug-likeness (QED) is 0.585. The molecule has 1 amide bonds. The van der Waals surface area contributed by atoms with Crippen LogP contribution in [-0.2, 0) is 16.9 Å². The summed E-state index contributed by atoms with van der Waals surface area (Å²) in [6.45, 7) is 0.0934. The lowest BCUT2D eigenvalue weighted by Crippen LogP contribution is -2.41. The van der Waals surface area contributed by atoms with Crippen molar-refractivity contribution in [2.75, 3.05) is 4.90 Å². The molecule has 3 aromatic rings. The maximum absolute atomic E-state index is 13.3. The van der Waals surface area contributed by atoms with Crippen molar-refractivity contribution in [1.82, 2.24) is 0 Å². The van der Waals surface area contributed by atoms with E-state index in [-0.39, 0.29) is 18.7 Å². The lowest BCUT2D eigenvalue weighted by Gasteiger charge is -2.23. The average Bonchev–Trinajstić information content (AvgIpc) is 2.93. The summed E-state index contributed by atoms with van der Waals surface area (Å²) in [5.41, 5.74) is 0.0165. The number of halogens is 2. The third kappa shape index (κ3) is 3.44. The monoisotopic (exact) mass is 425 g/mol. The summed E-state index contributed by atoms with van der Waals surface area (Å²) in [6.07, 6.45) is -0.348. The Hall–Kier alpha value is -2.66. The Morgan fingerprint density at radius 2 is 1.52 bits per heavy atom. The maximum atomic E-state index is 13.3. The third-order valence-electron chi connectivity index (χ3n) is 5.13. The number of anilines is 1. The van der Waals surface area contributed by atoms with Gasteiger partial charge in [0, 0.05) is 26.7 Å². The maximum Gasteiger partial charge on any atom is 0.264 e. The van der Waals surface area contributed by atoms with Crippen LogP contribution in [-0.4, -0.2) is 16.8 Å². The van der Waals surface area contributed by atoms with Crippen molar-refractivity contribution in [2.45, 2.75) is 18.6 Å². The van der Waals surface area contributed by atoms with Crippen molar-refractivity contribution in [1.29, 1.82) is 0 Å². The number of para-hydroxylation sites is 1. The van der Waals surface area contributed by atoms with Crippen LogP contribution in [0.2, 0.25) is 10.0 Å². The Bertz CT molecular complexity index is 1080. The zero-order valence-corrected chi connectivity index (χ0v) is 16.8. The molecule has 146 valence electrons. The van der Waals surface area contributed by atoms with Crippen LogP contribution < -0.4 is 4.90 Å². The van der Waals surface area contributed by atoms with E-state index in [1.54, 1.807) is 72.8 Å². The van der Waals surface area contributed by atoms with Gasteiger partial charge in [0.1, 0.15) is 0 Å². The Morgan fingerprint density at radius 1 is 0.897 bits per heavy atom. The number of hydrogen-bond acceptors (Lipinski definition) is 3. The molecule has 29 heavy (non-hydrogen) atoms. The first-order chi connectivity index (χ1) is 13.9. The van der Waals surface area contributed by atoms with Gasteiger partial charge in [0.25, 0.3) is 5.91 Å². The van der Waals surface area contributed by atoms with Gasteiger partial charge >= 0.3 is 0 Å². The molecule has 0 unspecified atom stereocenters. The first kappa shape index (κ1) is 19.6. The van der Waals surface area contributed by atoms with E-state index in [1.165, 1.54) is 4.90 Å².